The van der Waals surface area contributed by atoms with Gasteiger partial charge in [-0.3, -0.25) is 19.6 Å². The van der Waals surface area contributed by atoms with Crippen LogP contribution in [0.4, 0.5) is 4.39 Å². The smallest absolute Gasteiger partial charge is 0.232 e. The number of piperidine rings is 1. The highest BCUT2D eigenvalue weighted by Crippen LogP contribution is 2.42. The summed E-state index contributed by atoms with van der Waals surface area (Å²) in [6, 6.07) is 0.833. The lowest BCUT2D eigenvalue weighted by molar-refractivity contribution is -0.126. The van der Waals surface area contributed by atoms with E-state index in [0.29, 0.717) is 30.8 Å². The Balaban J connectivity index is 1.37. The molecule has 5 rings (SSSR count). The second-order valence-corrected chi connectivity index (χ2v) is 13.3. The van der Waals surface area contributed by atoms with Gasteiger partial charge in [0.05, 0.1) is 12.6 Å². The molecule has 238 valence electrons. The number of hydrogen-bond acceptors (Lipinski definition) is 8. The number of rotatable bonds is 8. The number of nitrogens with zero attached hydrogens (tertiary/aromatic N) is 4. The molecule has 9 nitrogen and oxygen atoms in total. The van der Waals surface area contributed by atoms with Crippen molar-refractivity contribution in [2.24, 2.45) is 28.5 Å². The predicted octanol–water partition coefficient (Wildman–Crippen LogP) is 2.38. The topological polar surface area (TPSA) is 98.5 Å². The fourth-order valence-corrected chi connectivity index (χ4v) is 7.90. The first kappa shape index (κ1) is 31.8. The van der Waals surface area contributed by atoms with Crippen molar-refractivity contribution in [2.75, 3.05) is 66.1 Å². The highest BCUT2D eigenvalue weighted by Gasteiger charge is 2.47. The van der Waals surface area contributed by atoms with Gasteiger partial charge in [-0.25, -0.2) is 4.39 Å². The van der Waals surface area contributed by atoms with Crippen LogP contribution in [0, 0.1) is 17.8 Å². The number of amides is 1. The van der Waals surface area contributed by atoms with Crippen LogP contribution >= 0.6 is 0 Å². The maximum absolute atomic E-state index is 15.0. The fraction of sp³-hybridized carbons (Fsp3) is 0.875. The van der Waals surface area contributed by atoms with Crippen LogP contribution < -0.4 is 16.4 Å². The van der Waals surface area contributed by atoms with E-state index in [-0.39, 0.29) is 18.5 Å². The number of alkyl halides is 1. The zero-order valence-corrected chi connectivity index (χ0v) is 26.3. The number of ether oxygens (including phenoxy) is 1. The molecule has 1 amide bonds. The number of piperazine rings is 1. The molecule has 0 spiro atoms. The van der Waals surface area contributed by atoms with Gasteiger partial charge in [0.15, 0.2) is 0 Å². The van der Waals surface area contributed by atoms with Crippen LogP contribution in [0.1, 0.15) is 65.2 Å². The molecule has 4 fully saturated rings. The third-order valence-electron chi connectivity index (χ3n) is 10.2. The lowest BCUT2D eigenvalue weighted by Gasteiger charge is -2.49. The van der Waals surface area contributed by atoms with Crippen LogP contribution in [0.25, 0.3) is 0 Å². The summed E-state index contributed by atoms with van der Waals surface area (Å²) in [5.41, 5.74) is 8.52. The zero-order valence-electron chi connectivity index (χ0n) is 26.3. The molecule has 0 aromatic carbocycles. The highest BCUT2D eigenvalue weighted by atomic mass is 19.1. The lowest BCUT2D eigenvalue weighted by atomic mass is 9.83. The van der Waals surface area contributed by atoms with Crippen molar-refractivity contribution in [2.45, 2.75) is 95.7 Å². The fourth-order valence-electron chi connectivity index (χ4n) is 7.90. The summed E-state index contributed by atoms with van der Waals surface area (Å²) in [6.45, 7) is 12.0. The zero-order chi connectivity index (χ0) is 29.6. The molecule has 0 bridgehead atoms. The molecule has 0 aromatic rings. The number of halogens is 1. The van der Waals surface area contributed by atoms with E-state index in [1.54, 1.807) is 0 Å². The molecule has 5 aliphatic rings. The van der Waals surface area contributed by atoms with Gasteiger partial charge in [-0.1, -0.05) is 26.3 Å². The molecule has 0 radical (unpaired) electrons. The van der Waals surface area contributed by atoms with Crippen LogP contribution in [0.2, 0.25) is 0 Å². The van der Waals surface area contributed by atoms with E-state index in [0.717, 1.165) is 95.5 Å². The molecule has 4 heterocycles. The Kier molecular flexibility index (Phi) is 11.3. The SMILES string of the molecule is CCC=C1C(C(=O)NC2CNCC(C3CC3)C2N2CCN(C3CCOC3)CC2)C(N)N=C(CCC)CCC(F)CN1C. The van der Waals surface area contributed by atoms with E-state index in [1.807, 2.05) is 18.0 Å². The maximum atomic E-state index is 15.0. The number of hydrogen-bond donors (Lipinski definition) is 3. The van der Waals surface area contributed by atoms with E-state index < -0.39 is 18.3 Å². The molecular formula is C32H56FN7O2. The minimum absolute atomic E-state index is 0.0120. The minimum Gasteiger partial charge on any atom is -0.380 e. The minimum atomic E-state index is -0.976. The van der Waals surface area contributed by atoms with Gasteiger partial charge in [0.25, 0.3) is 0 Å². The summed E-state index contributed by atoms with van der Waals surface area (Å²) in [4.78, 5) is 26.4. The molecule has 0 aromatic heterocycles. The molecular weight excluding hydrogens is 533 g/mol. The van der Waals surface area contributed by atoms with E-state index in [2.05, 4.69) is 34.3 Å². The summed E-state index contributed by atoms with van der Waals surface area (Å²) in [5.74, 6) is 0.509. The second-order valence-electron chi connectivity index (χ2n) is 13.3. The van der Waals surface area contributed by atoms with Gasteiger partial charge < -0.3 is 26.0 Å². The monoisotopic (exact) mass is 589 g/mol. The average Bonchev–Trinajstić information content (AvgIpc) is 3.68. The molecule has 3 saturated heterocycles. The molecule has 1 aliphatic carbocycles. The standard InChI is InChI=1S/C32H56FN7O2/c1-4-6-24-11-10-23(33)20-38(3)28(7-5-2)29(31(34)36-24)32(41)37-27-19-35-18-26(22-8-9-22)30(27)40-15-13-39(14-16-40)25-12-17-42-21-25/h7,22-23,25-27,29-31,35H,4-6,8-21,34H2,1-3H3,(H,37,41). The van der Waals surface area contributed by atoms with Gasteiger partial charge in [0.2, 0.25) is 5.91 Å². The average molecular weight is 590 g/mol. The quantitative estimate of drug-likeness (QED) is 0.400. The van der Waals surface area contributed by atoms with Crippen molar-refractivity contribution in [3.63, 3.8) is 0 Å². The molecule has 1 saturated carbocycles. The van der Waals surface area contributed by atoms with Crippen LogP contribution in [0.3, 0.4) is 0 Å². The number of allylic oxidation sites excluding steroid dienone is 1. The van der Waals surface area contributed by atoms with Gasteiger partial charge in [0, 0.05) is 76.4 Å². The van der Waals surface area contributed by atoms with Gasteiger partial charge in [0.1, 0.15) is 18.3 Å². The molecule has 7 unspecified atom stereocenters. The summed E-state index contributed by atoms with van der Waals surface area (Å²) >= 11 is 0. The first-order valence-corrected chi connectivity index (χ1v) is 16.8. The van der Waals surface area contributed by atoms with Gasteiger partial charge in [-0.15, -0.1) is 0 Å². The van der Waals surface area contributed by atoms with Gasteiger partial charge >= 0.3 is 0 Å². The molecule has 10 heteroatoms. The largest absolute Gasteiger partial charge is 0.380 e. The number of carbonyl (C=O) groups excluding carboxylic acids is 1. The Bertz CT molecular complexity index is 945. The molecule has 4 N–H and O–H groups in total. The second kappa shape index (κ2) is 14.9. The Morgan fingerprint density at radius 2 is 1.90 bits per heavy atom. The molecule has 4 aliphatic heterocycles. The van der Waals surface area contributed by atoms with E-state index in [1.165, 1.54) is 12.8 Å². The third-order valence-corrected chi connectivity index (χ3v) is 10.2. The summed E-state index contributed by atoms with van der Waals surface area (Å²) < 4.78 is 20.7. The van der Waals surface area contributed by atoms with Gasteiger partial charge in [-0.2, -0.15) is 0 Å². The van der Waals surface area contributed by atoms with Crippen LogP contribution in [0.15, 0.2) is 16.8 Å². The first-order valence-electron chi connectivity index (χ1n) is 16.8. The van der Waals surface area contributed by atoms with Crippen molar-refractivity contribution >= 4 is 11.6 Å². The Morgan fingerprint density at radius 1 is 1.14 bits per heavy atom. The highest BCUT2D eigenvalue weighted by molar-refractivity contribution is 5.86. The van der Waals surface area contributed by atoms with Gasteiger partial charge in [-0.05, 0) is 63.3 Å². The van der Waals surface area contributed by atoms with Crippen LogP contribution in [-0.4, -0.2) is 123 Å². The Labute approximate surface area is 252 Å². The van der Waals surface area contributed by atoms with Crippen molar-refractivity contribution in [3.8, 4) is 0 Å². The summed E-state index contributed by atoms with van der Waals surface area (Å²) in [6.07, 6.45) is 7.55. The molecule has 42 heavy (non-hydrogen) atoms. The normalized spacial score (nSPS) is 37.1. The van der Waals surface area contributed by atoms with Crippen LogP contribution in [0.5, 0.6) is 0 Å². The van der Waals surface area contributed by atoms with Crippen molar-refractivity contribution in [1.82, 2.24) is 25.3 Å². The van der Waals surface area contributed by atoms with E-state index in [4.69, 9.17) is 15.5 Å². The number of nitrogens with two attached hydrogens (primary N) is 1. The maximum Gasteiger partial charge on any atom is 0.232 e. The molecule has 7 atom stereocenters. The predicted molar refractivity (Wildman–Crippen MR) is 166 cm³/mol. The van der Waals surface area contributed by atoms with Crippen molar-refractivity contribution < 1.29 is 13.9 Å². The number of nitrogens with one attached hydrogen (secondary N) is 2. The summed E-state index contributed by atoms with van der Waals surface area (Å²) in [5, 5.41) is 7.17. The number of carbonyl (C=O) groups is 1. The third kappa shape index (κ3) is 7.73. The van der Waals surface area contributed by atoms with E-state index >= 15 is 4.39 Å². The number of aliphatic imine (C=N–C) groups is 1. The van der Waals surface area contributed by atoms with Crippen LogP contribution in [-0.2, 0) is 9.53 Å². The Morgan fingerprint density at radius 3 is 2.57 bits per heavy atom. The summed E-state index contributed by atoms with van der Waals surface area (Å²) in [7, 11) is 1.89. The van der Waals surface area contributed by atoms with Crippen molar-refractivity contribution in [3.05, 3.63) is 11.8 Å². The first-order chi connectivity index (χ1) is 20.4. The lowest BCUT2D eigenvalue weighted by Crippen LogP contribution is -2.67. The van der Waals surface area contributed by atoms with Crippen molar-refractivity contribution in [1.29, 1.82) is 0 Å². The Hall–Kier alpha value is -1.59. The van der Waals surface area contributed by atoms with E-state index in [9.17, 15) is 4.79 Å².